The van der Waals surface area contributed by atoms with Gasteiger partial charge in [0.15, 0.2) is 5.96 Å². The van der Waals surface area contributed by atoms with E-state index in [1.165, 1.54) is 9.78 Å². The van der Waals surface area contributed by atoms with Crippen molar-refractivity contribution in [1.29, 1.82) is 5.26 Å². The summed E-state index contributed by atoms with van der Waals surface area (Å²) in [5.74, 6) is 0.00935. The summed E-state index contributed by atoms with van der Waals surface area (Å²) in [6.07, 6.45) is 1.56. The molecule has 5 nitrogen and oxygen atoms in total. The molecule has 1 aliphatic rings. The Morgan fingerprint density at radius 3 is 2.74 bits per heavy atom. The molecule has 1 aliphatic heterocycles. The molecular weight excluding hydrogens is 356 g/mol. The molecular formula is C21H24N4OS. The van der Waals surface area contributed by atoms with Crippen molar-refractivity contribution in [3.8, 4) is 17.2 Å². The highest BCUT2D eigenvalue weighted by Crippen LogP contribution is 2.45. The number of carbonyl (C=O) groups is 1. The highest BCUT2D eigenvalue weighted by molar-refractivity contribution is 7.12. The van der Waals surface area contributed by atoms with Crippen LogP contribution in [0.2, 0.25) is 0 Å². The summed E-state index contributed by atoms with van der Waals surface area (Å²) in [7, 11) is 1.67. The van der Waals surface area contributed by atoms with Gasteiger partial charge in [0.1, 0.15) is 5.54 Å². The average Bonchev–Trinajstić information content (AvgIpc) is 3.12. The van der Waals surface area contributed by atoms with Gasteiger partial charge in [-0.1, -0.05) is 26.0 Å². The zero-order chi connectivity index (χ0) is 19.8. The first-order valence-electron chi connectivity index (χ1n) is 9.12. The van der Waals surface area contributed by atoms with Crippen LogP contribution in [0.4, 0.5) is 0 Å². The van der Waals surface area contributed by atoms with E-state index < -0.39 is 5.54 Å². The standard InChI is InChI=1S/C21H24N4OS/c1-5-16-19(26)25(4)20(23)24-21(16,3)18-11-15(17(6-2)27-18)14-9-7-8-13(10-14)12-22/h7-11,16H,5-6H2,1-4H3,(H2,23,24)/t16-,21-/m0/s1. The first kappa shape index (κ1) is 19.1. The lowest BCUT2D eigenvalue weighted by atomic mass is 9.80. The van der Waals surface area contributed by atoms with Crippen LogP contribution in [0.1, 0.15) is 42.5 Å². The van der Waals surface area contributed by atoms with E-state index in [2.05, 4.69) is 19.1 Å². The number of nitriles is 1. The molecule has 2 aromatic rings. The number of guanidine groups is 1. The van der Waals surface area contributed by atoms with Gasteiger partial charge >= 0.3 is 0 Å². The minimum absolute atomic E-state index is 0.00646. The topological polar surface area (TPSA) is 82.5 Å². The molecule has 0 aliphatic carbocycles. The number of thiophene rings is 1. The van der Waals surface area contributed by atoms with E-state index in [4.69, 9.17) is 10.7 Å². The summed E-state index contributed by atoms with van der Waals surface area (Å²) in [5.41, 5.74) is 8.12. The quantitative estimate of drug-likeness (QED) is 0.874. The SMILES string of the molecule is CCc1sc([C@@]2(C)N=C(N)N(C)C(=O)[C@@H]2CC)cc1-c1cccc(C#N)c1. The van der Waals surface area contributed by atoms with Gasteiger partial charge < -0.3 is 5.73 Å². The predicted molar refractivity (Wildman–Crippen MR) is 109 cm³/mol. The van der Waals surface area contributed by atoms with Crippen molar-refractivity contribution < 1.29 is 4.79 Å². The summed E-state index contributed by atoms with van der Waals surface area (Å²) < 4.78 is 0. The third kappa shape index (κ3) is 3.13. The van der Waals surface area contributed by atoms with Gasteiger partial charge in [-0.3, -0.25) is 9.69 Å². The maximum Gasteiger partial charge on any atom is 0.234 e. The van der Waals surface area contributed by atoms with Crippen molar-refractivity contribution in [2.75, 3.05) is 7.05 Å². The van der Waals surface area contributed by atoms with E-state index in [-0.39, 0.29) is 17.8 Å². The molecule has 140 valence electrons. The fourth-order valence-corrected chi connectivity index (χ4v) is 4.99. The lowest BCUT2D eigenvalue weighted by Crippen LogP contribution is -2.53. The van der Waals surface area contributed by atoms with Crippen LogP contribution < -0.4 is 5.73 Å². The first-order chi connectivity index (χ1) is 12.8. The van der Waals surface area contributed by atoms with Crippen LogP contribution >= 0.6 is 11.3 Å². The molecule has 2 heterocycles. The van der Waals surface area contributed by atoms with Crippen molar-refractivity contribution in [2.24, 2.45) is 16.6 Å². The van der Waals surface area contributed by atoms with Crippen LogP contribution in [0.5, 0.6) is 0 Å². The van der Waals surface area contributed by atoms with Crippen molar-refractivity contribution in [2.45, 2.75) is 39.2 Å². The highest BCUT2D eigenvalue weighted by atomic mass is 32.1. The van der Waals surface area contributed by atoms with E-state index in [1.54, 1.807) is 24.5 Å². The molecule has 0 saturated carbocycles. The van der Waals surface area contributed by atoms with Crippen LogP contribution in [-0.4, -0.2) is 23.8 Å². The summed E-state index contributed by atoms with van der Waals surface area (Å²) in [4.78, 5) is 21.2. The number of nitrogens with two attached hydrogens (primary N) is 1. The van der Waals surface area contributed by atoms with Crippen LogP contribution in [-0.2, 0) is 16.8 Å². The fraction of sp³-hybridized carbons (Fsp3) is 0.381. The Hall–Kier alpha value is -2.65. The normalized spacial score (nSPS) is 22.5. The third-order valence-corrected chi connectivity index (χ3v) is 6.84. The second kappa shape index (κ2) is 7.16. The largest absolute Gasteiger partial charge is 0.369 e. The van der Waals surface area contributed by atoms with E-state index in [9.17, 15) is 10.1 Å². The number of hydrogen-bond acceptors (Lipinski definition) is 5. The van der Waals surface area contributed by atoms with Gasteiger partial charge in [-0.05, 0) is 49.1 Å². The number of amides is 1. The number of aryl methyl sites for hydroxylation is 1. The summed E-state index contributed by atoms with van der Waals surface area (Å²) in [6, 6.07) is 11.9. The van der Waals surface area contributed by atoms with E-state index in [0.29, 0.717) is 12.0 Å². The third-order valence-electron chi connectivity index (χ3n) is 5.34. The van der Waals surface area contributed by atoms with Crippen LogP contribution in [0, 0.1) is 17.2 Å². The van der Waals surface area contributed by atoms with Crippen LogP contribution in [0.15, 0.2) is 35.3 Å². The molecule has 0 bridgehead atoms. The molecule has 1 aromatic heterocycles. The van der Waals surface area contributed by atoms with Crippen molar-refractivity contribution in [3.63, 3.8) is 0 Å². The monoisotopic (exact) mass is 380 g/mol. The number of nitrogens with zero attached hydrogens (tertiary/aromatic N) is 3. The van der Waals surface area contributed by atoms with Crippen molar-refractivity contribution in [3.05, 3.63) is 45.6 Å². The van der Waals surface area contributed by atoms with Gasteiger partial charge in [0, 0.05) is 16.8 Å². The number of rotatable bonds is 4. The Kier molecular flexibility index (Phi) is 5.07. The van der Waals surface area contributed by atoms with Crippen LogP contribution in [0.25, 0.3) is 11.1 Å². The summed E-state index contributed by atoms with van der Waals surface area (Å²) in [6.45, 7) is 6.13. The molecule has 0 fully saturated rings. The van der Waals surface area contributed by atoms with Crippen molar-refractivity contribution in [1.82, 2.24) is 4.90 Å². The Labute approximate surface area is 164 Å². The number of carbonyl (C=O) groups excluding carboxylic acids is 1. The Bertz CT molecular complexity index is 955. The lowest BCUT2D eigenvalue weighted by Gasteiger charge is -2.39. The maximum atomic E-state index is 12.8. The molecule has 6 heteroatoms. The van der Waals surface area contributed by atoms with Gasteiger partial charge in [-0.2, -0.15) is 5.26 Å². The van der Waals surface area contributed by atoms with E-state index in [0.717, 1.165) is 22.4 Å². The van der Waals surface area contributed by atoms with Crippen molar-refractivity contribution >= 4 is 23.2 Å². The maximum absolute atomic E-state index is 12.8. The number of hydrogen-bond donors (Lipinski definition) is 1. The molecule has 0 saturated heterocycles. The zero-order valence-corrected chi connectivity index (χ0v) is 16.9. The fourth-order valence-electron chi connectivity index (χ4n) is 3.72. The first-order valence-corrected chi connectivity index (χ1v) is 9.93. The van der Waals surface area contributed by atoms with E-state index >= 15 is 0 Å². The molecule has 27 heavy (non-hydrogen) atoms. The smallest absolute Gasteiger partial charge is 0.234 e. The molecule has 1 aromatic carbocycles. The minimum Gasteiger partial charge on any atom is -0.369 e. The van der Waals surface area contributed by atoms with Gasteiger partial charge in [0.2, 0.25) is 5.91 Å². The van der Waals surface area contributed by atoms with Gasteiger partial charge in [0.25, 0.3) is 0 Å². The highest BCUT2D eigenvalue weighted by Gasteiger charge is 2.46. The van der Waals surface area contributed by atoms with Gasteiger partial charge in [-0.15, -0.1) is 11.3 Å². The summed E-state index contributed by atoms with van der Waals surface area (Å²) in [5, 5.41) is 9.21. The predicted octanol–water partition coefficient (Wildman–Crippen LogP) is 3.88. The minimum atomic E-state index is -0.678. The Balaban J connectivity index is 2.16. The number of benzene rings is 1. The molecule has 0 unspecified atom stereocenters. The van der Waals surface area contributed by atoms with Gasteiger partial charge in [-0.25, -0.2) is 4.99 Å². The second-order valence-corrected chi connectivity index (χ2v) is 8.11. The van der Waals surface area contributed by atoms with Gasteiger partial charge in [0.05, 0.1) is 17.6 Å². The summed E-state index contributed by atoms with van der Waals surface area (Å²) >= 11 is 1.68. The van der Waals surface area contributed by atoms with E-state index in [1.807, 2.05) is 32.0 Å². The molecule has 0 spiro atoms. The number of aliphatic imine (C=N–C) groups is 1. The Morgan fingerprint density at radius 2 is 2.11 bits per heavy atom. The molecule has 2 N–H and O–H groups in total. The molecule has 2 atom stereocenters. The van der Waals surface area contributed by atoms with Crippen LogP contribution in [0.3, 0.4) is 0 Å². The average molecular weight is 381 g/mol. The Morgan fingerprint density at radius 1 is 1.37 bits per heavy atom. The lowest BCUT2D eigenvalue weighted by molar-refractivity contribution is -0.134. The molecule has 0 radical (unpaired) electrons. The zero-order valence-electron chi connectivity index (χ0n) is 16.1. The molecule has 1 amide bonds. The second-order valence-electron chi connectivity index (χ2n) is 6.97. The molecule has 3 rings (SSSR count).